The predicted octanol–water partition coefficient (Wildman–Crippen LogP) is 8.98. The number of hydrogen-bond donors (Lipinski definition) is 0. The molecule has 0 heterocycles. The first kappa shape index (κ1) is 34.7. The number of carbonyl (C=O) groups excluding carboxylic acids is 2. The molecule has 0 radical (unpaired) electrons. The van der Waals surface area contributed by atoms with Crippen molar-refractivity contribution in [2.75, 3.05) is 26.4 Å². The summed E-state index contributed by atoms with van der Waals surface area (Å²) >= 11 is 0. The minimum Gasteiger partial charge on any atom is -0.494 e. The average Bonchev–Trinajstić information content (AvgIpc) is 3.01. The largest absolute Gasteiger partial charge is 0.494 e. The molecule has 42 heavy (non-hydrogen) atoms. The maximum absolute atomic E-state index is 12.0. The summed E-state index contributed by atoms with van der Waals surface area (Å²) in [6.07, 6.45) is 20.9. The first-order chi connectivity index (χ1) is 20.6. The molecule has 2 aromatic rings. The van der Waals surface area contributed by atoms with Crippen LogP contribution in [0.3, 0.4) is 0 Å². The van der Waals surface area contributed by atoms with Crippen LogP contribution in [0, 0.1) is 0 Å². The fourth-order valence-electron chi connectivity index (χ4n) is 4.20. The van der Waals surface area contributed by atoms with Gasteiger partial charge in [0.05, 0.1) is 13.2 Å². The van der Waals surface area contributed by atoms with E-state index in [1.807, 2.05) is 48.5 Å². The molecule has 0 aliphatic rings. The fraction of sp³-hybridized carbons (Fsp3) is 0.500. The summed E-state index contributed by atoms with van der Waals surface area (Å²) in [5.74, 6) is 0.653. The number of ether oxygens (including phenoxy) is 4. The second-order valence-electron chi connectivity index (χ2n) is 10.4. The molecule has 2 aromatic carbocycles. The predicted molar refractivity (Wildman–Crippen MR) is 171 cm³/mol. The van der Waals surface area contributed by atoms with Crippen LogP contribution < -0.4 is 9.47 Å². The SMILES string of the molecule is CCCCCCCCOc1ccc(/C=C/C(=O)OCCOC(=O)/C=C/c2ccc(OCCCCCCCC)cc2)cc1. The molecule has 0 saturated carbocycles. The molecular formula is C36H50O6. The van der Waals surface area contributed by atoms with Gasteiger partial charge in [0, 0.05) is 12.2 Å². The van der Waals surface area contributed by atoms with Gasteiger partial charge in [-0.25, -0.2) is 9.59 Å². The van der Waals surface area contributed by atoms with Crippen LogP contribution in [0.4, 0.5) is 0 Å². The Morgan fingerprint density at radius 3 is 1.24 bits per heavy atom. The molecule has 0 N–H and O–H groups in total. The first-order valence-corrected chi connectivity index (χ1v) is 15.8. The van der Waals surface area contributed by atoms with E-state index in [0.29, 0.717) is 0 Å². The maximum Gasteiger partial charge on any atom is 0.330 e. The van der Waals surface area contributed by atoms with Gasteiger partial charge in [0.2, 0.25) is 0 Å². The van der Waals surface area contributed by atoms with Crippen LogP contribution in [0.15, 0.2) is 60.7 Å². The van der Waals surface area contributed by atoms with Gasteiger partial charge in [-0.1, -0.05) is 102 Å². The Hall–Kier alpha value is -3.54. The van der Waals surface area contributed by atoms with Crippen LogP contribution in [0.5, 0.6) is 11.5 Å². The molecule has 2 rings (SSSR count). The second kappa shape index (κ2) is 23.1. The molecule has 0 saturated heterocycles. The van der Waals surface area contributed by atoms with Crippen molar-refractivity contribution >= 4 is 24.1 Å². The monoisotopic (exact) mass is 578 g/mol. The Balaban J connectivity index is 1.55. The Kier molecular flexibility index (Phi) is 19.0. The highest BCUT2D eigenvalue weighted by Crippen LogP contribution is 2.16. The fourth-order valence-corrected chi connectivity index (χ4v) is 4.20. The van der Waals surface area contributed by atoms with Gasteiger partial charge in [-0.15, -0.1) is 0 Å². The molecule has 0 aromatic heterocycles. The van der Waals surface area contributed by atoms with Crippen LogP contribution in [0.1, 0.15) is 102 Å². The van der Waals surface area contributed by atoms with E-state index in [0.717, 1.165) is 48.7 Å². The average molecular weight is 579 g/mol. The number of hydrogen-bond acceptors (Lipinski definition) is 6. The van der Waals surface area contributed by atoms with E-state index in [9.17, 15) is 9.59 Å². The smallest absolute Gasteiger partial charge is 0.330 e. The molecule has 0 spiro atoms. The zero-order valence-corrected chi connectivity index (χ0v) is 25.7. The number of rotatable bonds is 23. The van der Waals surface area contributed by atoms with Crippen LogP contribution in [0.25, 0.3) is 12.2 Å². The Labute approximate surface area is 253 Å². The van der Waals surface area contributed by atoms with E-state index in [4.69, 9.17) is 18.9 Å². The molecule has 0 amide bonds. The second-order valence-corrected chi connectivity index (χ2v) is 10.4. The molecule has 0 aliphatic heterocycles. The topological polar surface area (TPSA) is 71.1 Å². The Morgan fingerprint density at radius 1 is 0.500 bits per heavy atom. The van der Waals surface area contributed by atoms with Crippen molar-refractivity contribution in [2.45, 2.75) is 90.9 Å². The molecule has 6 nitrogen and oxygen atoms in total. The van der Waals surface area contributed by atoms with Crippen LogP contribution in [0.2, 0.25) is 0 Å². The van der Waals surface area contributed by atoms with Gasteiger partial charge < -0.3 is 18.9 Å². The normalized spacial score (nSPS) is 11.2. The minimum atomic E-state index is -0.496. The molecule has 0 unspecified atom stereocenters. The highest BCUT2D eigenvalue weighted by Gasteiger charge is 2.02. The van der Waals surface area contributed by atoms with Gasteiger partial charge in [-0.2, -0.15) is 0 Å². The zero-order chi connectivity index (χ0) is 30.1. The van der Waals surface area contributed by atoms with Crippen LogP contribution >= 0.6 is 0 Å². The molecule has 0 aliphatic carbocycles. The Bertz CT molecular complexity index is 954. The number of benzene rings is 2. The van der Waals surface area contributed by atoms with E-state index < -0.39 is 11.9 Å². The van der Waals surface area contributed by atoms with Gasteiger partial charge in [0.15, 0.2) is 0 Å². The highest BCUT2D eigenvalue weighted by molar-refractivity contribution is 5.87. The minimum absolute atomic E-state index is 0.0153. The van der Waals surface area contributed by atoms with Crippen molar-refractivity contribution in [3.05, 3.63) is 71.8 Å². The third kappa shape index (κ3) is 17.3. The summed E-state index contributed by atoms with van der Waals surface area (Å²) in [6.45, 7) is 5.85. The zero-order valence-electron chi connectivity index (χ0n) is 25.7. The number of esters is 2. The van der Waals surface area contributed by atoms with Crippen LogP contribution in [-0.4, -0.2) is 38.4 Å². The van der Waals surface area contributed by atoms with E-state index >= 15 is 0 Å². The third-order valence-electron chi connectivity index (χ3n) is 6.69. The van der Waals surface area contributed by atoms with E-state index in [1.165, 1.54) is 76.4 Å². The molecule has 230 valence electrons. The third-order valence-corrected chi connectivity index (χ3v) is 6.69. The lowest BCUT2D eigenvalue weighted by atomic mass is 10.1. The molecule has 0 atom stereocenters. The molecule has 0 fully saturated rings. The first-order valence-electron chi connectivity index (χ1n) is 15.8. The summed E-state index contributed by atoms with van der Waals surface area (Å²) in [5, 5.41) is 0. The maximum atomic E-state index is 12.0. The van der Waals surface area contributed by atoms with Gasteiger partial charge in [-0.3, -0.25) is 0 Å². The van der Waals surface area contributed by atoms with Crippen LogP contribution in [-0.2, 0) is 19.1 Å². The van der Waals surface area contributed by atoms with Gasteiger partial charge in [0.1, 0.15) is 24.7 Å². The van der Waals surface area contributed by atoms with Gasteiger partial charge in [-0.05, 0) is 60.4 Å². The number of unbranched alkanes of at least 4 members (excludes halogenated alkanes) is 10. The van der Waals surface area contributed by atoms with E-state index in [-0.39, 0.29) is 13.2 Å². The summed E-state index contributed by atoms with van der Waals surface area (Å²) in [4.78, 5) is 23.9. The lowest BCUT2D eigenvalue weighted by molar-refractivity contribution is -0.145. The molecule has 6 heteroatoms. The lowest BCUT2D eigenvalue weighted by Crippen LogP contribution is -2.11. The Morgan fingerprint density at radius 2 is 0.857 bits per heavy atom. The van der Waals surface area contributed by atoms with Crippen molar-refractivity contribution in [3.8, 4) is 11.5 Å². The van der Waals surface area contributed by atoms with Crippen molar-refractivity contribution in [3.63, 3.8) is 0 Å². The van der Waals surface area contributed by atoms with Gasteiger partial charge in [0.25, 0.3) is 0 Å². The van der Waals surface area contributed by atoms with Crippen molar-refractivity contribution in [1.82, 2.24) is 0 Å². The lowest BCUT2D eigenvalue weighted by Gasteiger charge is -2.06. The standard InChI is InChI=1S/C36H50O6/c1-3-5-7-9-11-13-27-39-33-21-15-31(16-22-33)19-25-35(37)41-29-30-42-36(38)26-20-32-17-23-34(24-18-32)40-28-14-12-10-8-6-4-2/h15-26H,3-14,27-30H2,1-2H3/b25-19+,26-20+. The van der Waals surface area contributed by atoms with Crippen molar-refractivity contribution < 1.29 is 28.5 Å². The van der Waals surface area contributed by atoms with Crippen molar-refractivity contribution in [2.24, 2.45) is 0 Å². The van der Waals surface area contributed by atoms with E-state index in [1.54, 1.807) is 12.2 Å². The molecular weight excluding hydrogens is 528 g/mol. The molecule has 0 bridgehead atoms. The summed E-state index contributed by atoms with van der Waals surface area (Å²) in [5.41, 5.74) is 1.74. The highest BCUT2D eigenvalue weighted by atomic mass is 16.6. The number of carbonyl (C=O) groups is 2. The van der Waals surface area contributed by atoms with E-state index in [2.05, 4.69) is 13.8 Å². The quantitative estimate of drug-likeness (QED) is 0.0744. The summed E-state index contributed by atoms with van der Waals surface area (Å²) in [6, 6.07) is 15.2. The van der Waals surface area contributed by atoms with Crippen molar-refractivity contribution in [1.29, 1.82) is 0 Å². The summed E-state index contributed by atoms with van der Waals surface area (Å²) < 4.78 is 21.8. The van der Waals surface area contributed by atoms with Gasteiger partial charge >= 0.3 is 11.9 Å². The summed E-state index contributed by atoms with van der Waals surface area (Å²) in [7, 11) is 0.